The van der Waals surface area contributed by atoms with Crippen LogP contribution in [0.25, 0.3) is 10.9 Å². The number of nitrogens with zero attached hydrogens (tertiary/aromatic N) is 9. The average molecular weight is 1310 g/mol. The van der Waals surface area contributed by atoms with Crippen molar-refractivity contribution in [2.24, 2.45) is 0 Å². The van der Waals surface area contributed by atoms with E-state index in [0.717, 1.165) is 52.6 Å². The number of amides is 1. The maximum absolute atomic E-state index is 12.9. The van der Waals surface area contributed by atoms with Gasteiger partial charge in [0.2, 0.25) is 0 Å². The van der Waals surface area contributed by atoms with Gasteiger partial charge in [-0.05, 0) is 138 Å². The molecule has 19 nitrogen and oxygen atoms in total. The lowest BCUT2D eigenvalue weighted by Gasteiger charge is -2.15. The highest BCUT2D eigenvalue weighted by molar-refractivity contribution is 14.1. The number of nitrogens with one attached hydrogen (secondary N) is 2. The number of esters is 2. The molecule has 5 aromatic heterocycles. The summed E-state index contributed by atoms with van der Waals surface area (Å²) in [6.45, 7) is 26.4. The van der Waals surface area contributed by atoms with E-state index in [2.05, 4.69) is 81.0 Å². The molecule has 0 spiro atoms. The number of aryl methyl sites for hydroxylation is 3. The summed E-state index contributed by atoms with van der Waals surface area (Å²) in [5, 5.41) is 37.6. The van der Waals surface area contributed by atoms with Gasteiger partial charge in [0.05, 0.1) is 42.6 Å². The van der Waals surface area contributed by atoms with E-state index in [9.17, 15) is 24.9 Å². The number of nitrogens with two attached hydrogens (primary N) is 1. The first kappa shape index (κ1) is 67.7. The summed E-state index contributed by atoms with van der Waals surface area (Å²) in [7, 11) is -1.94. The van der Waals surface area contributed by atoms with E-state index in [0.29, 0.717) is 68.0 Å². The van der Waals surface area contributed by atoms with Crippen LogP contribution < -0.4 is 11.1 Å². The van der Waals surface area contributed by atoms with E-state index in [1.54, 1.807) is 49.3 Å². The number of carbonyl (C=O) groups excluding carboxylic acids is 3. The van der Waals surface area contributed by atoms with Gasteiger partial charge in [0, 0.05) is 65.6 Å². The lowest BCUT2D eigenvalue weighted by molar-refractivity contribution is 0.0514. The molecule has 0 aliphatic rings. The number of hydrogen-bond donors (Lipinski definition) is 3. The van der Waals surface area contributed by atoms with E-state index in [1.165, 1.54) is 16.9 Å². The van der Waals surface area contributed by atoms with Gasteiger partial charge in [0.15, 0.2) is 5.69 Å². The number of pyridine rings is 2. The van der Waals surface area contributed by atoms with Crippen LogP contribution in [0.15, 0.2) is 49.1 Å². The number of anilines is 1. The van der Waals surface area contributed by atoms with E-state index in [4.69, 9.17) is 36.3 Å². The van der Waals surface area contributed by atoms with Crippen LogP contribution in [0, 0.1) is 50.8 Å². The average Bonchev–Trinajstić information content (AvgIpc) is 4.04. The smallest absolute Gasteiger partial charge is 0.342 e. The molecule has 0 aliphatic heterocycles. The number of hydrogen-bond acceptors (Lipinski definition) is 15. The van der Waals surface area contributed by atoms with Crippen LogP contribution in [-0.4, -0.2) is 106 Å². The third kappa shape index (κ3) is 23.2. The van der Waals surface area contributed by atoms with Gasteiger partial charge in [-0.1, -0.05) is 65.7 Å². The Bertz CT molecular complexity index is 2860. The number of aromatic nitrogens is 8. The second-order valence-electron chi connectivity index (χ2n) is 18.7. The highest BCUT2D eigenvalue weighted by atomic mass is 127. The highest BCUT2D eigenvalue weighted by Gasteiger charge is 2.20. The Hall–Kier alpha value is -5.30. The summed E-state index contributed by atoms with van der Waals surface area (Å²) in [4.78, 5) is 44.1. The lowest BCUT2D eigenvalue weighted by Crippen LogP contribution is -2.24. The maximum Gasteiger partial charge on any atom is 0.342 e. The van der Waals surface area contributed by atoms with Gasteiger partial charge in [0.1, 0.15) is 49.3 Å². The molecule has 0 atom stereocenters. The molecule has 6 rings (SSSR count). The summed E-state index contributed by atoms with van der Waals surface area (Å²) >= 11 is 9.34. The van der Waals surface area contributed by atoms with Gasteiger partial charge in [-0.15, -0.1) is 0 Å². The number of H-pyrrole nitrogens is 1. The van der Waals surface area contributed by atoms with Gasteiger partial charge in [-0.2, -0.15) is 25.8 Å². The molecule has 0 unspecified atom stereocenters. The topological polar surface area (TPSA) is 264 Å². The zero-order chi connectivity index (χ0) is 54.5. The molecule has 0 saturated heterocycles. The quantitative estimate of drug-likeness (QED) is 0.0237. The third-order valence-electron chi connectivity index (χ3n) is 10.2. The van der Waals surface area contributed by atoms with Crippen molar-refractivity contribution in [2.45, 2.75) is 121 Å². The van der Waals surface area contributed by atoms with Crippen LogP contribution in [-0.2, 0) is 38.8 Å². The van der Waals surface area contributed by atoms with Crippen molar-refractivity contribution < 1.29 is 33.3 Å². The lowest BCUT2D eigenvalue weighted by atomic mass is 10.0. The molecule has 1 aromatic carbocycles. The molecule has 4 N–H and O–H groups in total. The third-order valence-corrected chi connectivity index (χ3v) is 15.3. The summed E-state index contributed by atoms with van der Waals surface area (Å²) in [6, 6.07) is 14.2. The van der Waals surface area contributed by atoms with Gasteiger partial charge < -0.3 is 30.0 Å². The number of nitriles is 2. The molecule has 1 amide bonds. The van der Waals surface area contributed by atoms with Crippen molar-refractivity contribution in [3.05, 3.63) is 112 Å². The van der Waals surface area contributed by atoms with Crippen LogP contribution in [0.5, 0.6) is 0 Å². The molecule has 408 valence electrons. The van der Waals surface area contributed by atoms with Crippen LogP contribution in [0.1, 0.15) is 99.0 Å². The number of aromatic amines is 1. The van der Waals surface area contributed by atoms with Gasteiger partial charge in [-0.3, -0.25) is 19.6 Å². The minimum atomic E-state index is -1.06. The van der Waals surface area contributed by atoms with Gasteiger partial charge in [-0.25, -0.2) is 19.3 Å². The molecule has 0 fully saturated rings. The molecule has 75 heavy (non-hydrogen) atoms. The van der Waals surface area contributed by atoms with Crippen LogP contribution in [0.3, 0.4) is 0 Å². The van der Waals surface area contributed by atoms with Crippen LogP contribution in [0.2, 0.25) is 51.4 Å². The van der Waals surface area contributed by atoms with Crippen LogP contribution >= 0.6 is 56.8 Å². The zero-order valence-corrected chi connectivity index (χ0v) is 50.4. The molecule has 24 heteroatoms. The molecular weight excluding hydrogens is 1240 g/mol. The predicted molar refractivity (Wildman–Crippen MR) is 317 cm³/mol. The van der Waals surface area contributed by atoms with Crippen molar-refractivity contribution in [1.82, 2.24) is 45.0 Å². The number of rotatable bonds is 18. The minimum absolute atomic E-state index is 0. The second-order valence-corrected chi connectivity index (χ2v) is 32.3. The van der Waals surface area contributed by atoms with Gasteiger partial charge >= 0.3 is 11.9 Å². The first-order chi connectivity index (χ1) is 34.4. The Kier molecular flexibility index (Phi) is 29.8. The number of benzene rings is 1. The fraction of sp³-hybridized carbons (Fsp3) is 0.451. The summed E-state index contributed by atoms with van der Waals surface area (Å²) in [5.74, 6) is -0.641. The Labute approximate surface area is 476 Å². The van der Waals surface area contributed by atoms with E-state index < -0.39 is 22.1 Å². The Morgan fingerprint density at radius 2 is 1.44 bits per heavy atom. The molecule has 6 aromatic rings. The molecule has 5 heterocycles. The number of ether oxygens (including phenoxy) is 4. The molecular formula is C51H73ClI2N12O7Si2. The monoisotopic (exact) mass is 1310 g/mol. The Balaban J connectivity index is 0.000000576. The van der Waals surface area contributed by atoms with E-state index in [-0.39, 0.29) is 44.6 Å². The fourth-order valence-corrected chi connectivity index (χ4v) is 9.11. The normalized spacial score (nSPS) is 10.6. The number of carbonyl (C=O) groups is 3. The Morgan fingerprint density at radius 1 is 0.827 bits per heavy atom. The molecule has 0 saturated carbocycles. The van der Waals surface area contributed by atoms with Crippen LogP contribution in [0.4, 0.5) is 5.82 Å². The first-order valence-electron chi connectivity index (χ1n) is 23.2. The largest absolute Gasteiger partial charge is 0.462 e. The SMILES string of the molecule is C.C.CCOC(=O)c1cn(COCC[Si](C)(C)C)nc1I.CCOC(=O)c1cn[nH]c1I.C[Si](C)(C)CCOCCl.Cc1cnc2c(C#N)cc(Cn3cc(C(=O)NCc4c(C)cc(N)nc4C)c(C#N)n3)cc2c1. The first-order valence-corrected chi connectivity index (χ1v) is 33.3. The Morgan fingerprint density at radius 3 is 1.99 bits per heavy atom. The highest BCUT2D eigenvalue weighted by Crippen LogP contribution is 2.22. The molecule has 0 bridgehead atoms. The fourth-order valence-electron chi connectivity index (χ4n) is 6.36. The van der Waals surface area contributed by atoms with Crippen molar-refractivity contribution in [3.8, 4) is 12.1 Å². The molecule has 0 aliphatic carbocycles. The van der Waals surface area contributed by atoms with Crippen molar-refractivity contribution in [2.75, 3.05) is 38.2 Å². The van der Waals surface area contributed by atoms with Crippen molar-refractivity contribution in [3.63, 3.8) is 0 Å². The maximum atomic E-state index is 12.9. The van der Waals surface area contributed by atoms with Crippen molar-refractivity contribution in [1.29, 1.82) is 10.5 Å². The van der Waals surface area contributed by atoms with Crippen molar-refractivity contribution >= 4 is 107 Å². The number of nitrogen functional groups attached to an aromatic ring is 1. The predicted octanol–water partition coefficient (Wildman–Crippen LogP) is 11.0. The summed E-state index contributed by atoms with van der Waals surface area (Å²) < 4.78 is 24.8. The van der Waals surface area contributed by atoms with E-state index >= 15 is 0 Å². The van der Waals surface area contributed by atoms with E-state index in [1.807, 2.05) is 84.2 Å². The zero-order valence-electron chi connectivity index (χ0n) is 43.3. The number of alkyl halides is 1. The second kappa shape index (κ2) is 33.0. The number of halogens is 3. The van der Waals surface area contributed by atoms with Gasteiger partial charge in [0.25, 0.3) is 5.91 Å². The molecule has 0 radical (unpaired) electrons. The number of fused-ring (bicyclic) bond motifs is 1. The minimum Gasteiger partial charge on any atom is -0.462 e. The summed E-state index contributed by atoms with van der Waals surface area (Å²) in [6.07, 6.45) is 6.40. The summed E-state index contributed by atoms with van der Waals surface area (Å²) in [5.41, 5.74) is 12.4. The standard InChI is InChI=1S/C25H22N8O.C12H21IN2O3Si.C6H15ClOSi.C6H7IN2O2.2CH4/c1-14-4-18-6-17(7-19(8-26)24(18)29-10-14)12-33-13-21(22(9-27)32-33)25(34)30-11-20-15(2)5-23(28)31-16(20)3;1-5-18-12(16)10-8-15(14-11(10)13)9-17-6-7-19(2,3)4;1-9(2,3)5-4-8-6-7;1-2-11-6(10)4-3-8-9-5(4)7;;/h4-7,10,13H,11-12H2,1-3H3,(H2,28,31)(H,30,34);8H,5-7,9H2,1-4H3;4-6H2,1-3H3;3H,2H2,1H3,(H,8,9);2*1H4.